The van der Waals surface area contributed by atoms with E-state index >= 15 is 0 Å². The summed E-state index contributed by atoms with van der Waals surface area (Å²) in [7, 11) is 0. The van der Waals surface area contributed by atoms with Crippen molar-refractivity contribution in [2.24, 2.45) is 0 Å². The number of hydrogen-bond donors (Lipinski definition) is 1. The Labute approximate surface area is 91.3 Å². The van der Waals surface area contributed by atoms with Crippen LogP contribution >= 0.6 is 11.6 Å². The molecule has 0 fully saturated rings. The number of hydrogen-bond acceptors (Lipinski definition) is 3. The minimum absolute atomic E-state index is 0.0638. The highest BCUT2D eigenvalue weighted by Crippen LogP contribution is 2.11. The van der Waals surface area contributed by atoms with E-state index in [0.717, 1.165) is 5.56 Å². The maximum Gasteiger partial charge on any atom is 0.189 e. The number of benzene rings is 1. The molecule has 1 N–H and O–H groups in total. The summed E-state index contributed by atoms with van der Waals surface area (Å²) in [5.41, 5.74) is 1.26. The average Bonchev–Trinajstić information content (AvgIpc) is 2.74. The number of carbonyl (C=O) groups is 1. The van der Waals surface area contributed by atoms with E-state index in [1.807, 2.05) is 12.1 Å². The second-order valence-corrected chi connectivity index (χ2v) is 3.52. The molecule has 0 aliphatic carbocycles. The second-order valence-electron chi connectivity index (χ2n) is 3.08. The summed E-state index contributed by atoms with van der Waals surface area (Å²) in [6.45, 7) is 0. The maximum atomic E-state index is 11.6. The van der Waals surface area contributed by atoms with Crippen LogP contribution in [0.2, 0.25) is 5.02 Å². The number of aromatic amines is 1. The normalized spacial score (nSPS) is 10.2. The zero-order chi connectivity index (χ0) is 10.7. The van der Waals surface area contributed by atoms with Crippen molar-refractivity contribution in [2.75, 3.05) is 0 Å². The van der Waals surface area contributed by atoms with Crippen LogP contribution in [0.25, 0.3) is 0 Å². The van der Waals surface area contributed by atoms with Crippen LogP contribution in [0.5, 0.6) is 0 Å². The van der Waals surface area contributed by atoms with Crippen molar-refractivity contribution in [1.29, 1.82) is 0 Å². The standard InChI is InChI=1S/C10H8ClN3O/c11-8-3-1-7(2-4-8)5-10(15)9-6-12-14-13-9/h1-4,6H,5H2,(H,12,13,14). The number of carbonyl (C=O) groups excluding carboxylic acids is 1. The minimum atomic E-state index is -0.0638. The first-order valence-electron chi connectivity index (χ1n) is 4.39. The largest absolute Gasteiger partial charge is 0.292 e. The number of halogens is 1. The predicted octanol–water partition coefficient (Wildman–Crippen LogP) is 1.88. The molecule has 1 aromatic carbocycles. The predicted molar refractivity (Wildman–Crippen MR) is 55.9 cm³/mol. The summed E-state index contributed by atoms with van der Waals surface area (Å²) in [6, 6.07) is 7.15. The average molecular weight is 222 g/mol. The van der Waals surface area contributed by atoms with Crippen molar-refractivity contribution >= 4 is 17.4 Å². The SMILES string of the molecule is O=C(Cc1ccc(Cl)cc1)c1cn[nH]n1. The van der Waals surface area contributed by atoms with Crippen LogP contribution in [0, 0.1) is 0 Å². The van der Waals surface area contributed by atoms with Crippen LogP contribution in [0.1, 0.15) is 16.1 Å². The van der Waals surface area contributed by atoms with Gasteiger partial charge in [-0.3, -0.25) is 4.79 Å². The first-order chi connectivity index (χ1) is 7.25. The van der Waals surface area contributed by atoms with E-state index < -0.39 is 0 Å². The highest BCUT2D eigenvalue weighted by atomic mass is 35.5. The molecule has 0 unspecified atom stereocenters. The Hall–Kier alpha value is -1.68. The van der Waals surface area contributed by atoms with Crippen LogP contribution in [0.3, 0.4) is 0 Å². The molecule has 0 bridgehead atoms. The van der Waals surface area contributed by atoms with E-state index in [1.165, 1.54) is 6.20 Å². The summed E-state index contributed by atoms with van der Waals surface area (Å²) in [5, 5.41) is 10.4. The molecule has 2 aromatic rings. The molecular formula is C10H8ClN3O. The number of H-pyrrole nitrogens is 1. The highest BCUT2D eigenvalue weighted by molar-refractivity contribution is 6.30. The number of nitrogens with one attached hydrogen (secondary N) is 1. The van der Waals surface area contributed by atoms with Gasteiger partial charge in [-0.05, 0) is 17.7 Å². The van der Waals surface area contributed by atoms with Gasteiger partial charge in [0.05, 0.1) is 6.20 Å². The molecule has 15 heavy (non-hydrogen) atoms. The van der Waals surface area contributed by atoms with Crippen LogP contribution < -0.4 is 0 Å². The summed E-state index contributed by atoms with van der Waals surface area (Å²) in [5.74, 6) is -0.0638. The summed E-state index contributed by atoms with van der Waals surface area (Å²) < 4.78 is 0. The molecule has 1 aromatic heterocycles. The topological polar surface area (TPSA) is 58.6 Å². The molecule has 5 heteroatoms. The quantitative estimate of drug-likeness (QED) is 0.806. The first-order valence-corrected chi connectivity index (χ1v) is 4.77. The van der Waals surface area contributed by atoms with Crippen molar-refractivity contribution in [3.8, 4) is 0 Å². The van der Waals surface area contributed by atoms with Crippen LogP contribution in [-0.2, 0) is 6.42 Å². The van der Waals surface area contributed by atoms with E-state index in [4.69, 9.17) is 11.6 Å². The van der Waals surface area contributed by atoms with E-state index in [1.54, 1.807) is 12.1 Å². The van der Waals surface area contributed by atoms with Gasteiger partial charge in [-0.1, -0.05) is 23.7 Å². The monoisotopic (exact) mass is 221 g/mol. The molecule has 4 nitrogen and oxygen atoms in total. The molecule has 76 valence electrons. The maximum absolute atomic E-state index is 11.6. The molecule has 0 spiro atoms. The number of Topliss-reactive ketones (excluding diaryl/α,β-unsaturated/α-hetero) is 1. The summed E-state index contributed by atoms with van der Waals surface area (Å²) in [4.78, 5) is 11.6. The Bertz CT molecular complexity index is 450. The zero-order valence-corrected chi connectivity index (χ0v) is 8.53. The number of ketones is 1. The fraction of sp³-hybridized carbons (Fsp3) is 0.100. The number of rotatable bonds is 3. The van der Waals surface area contributed by atoms with Crippen molar-refractivity contribution in [2.45, 2.75) is 6.42 Å². The van der Waals surface area contributed by atoms with Gasteiger partial charge >= 0.3 is 0 Å². The third-order valence-corrected chi connectivity index (χ3v) is 2.23. The van der Waals surface area contributed by atoms with E-state index in [-0.39, 0.29) is 5.78 Å². The number of aromatic nitrogens is 3. The van der Waals surface area contributed by atoms with Gasteiger partial charge in [0.15, 0.2) is 5.78 Å². The van der Waals surface area contributed by atoms with Crippen LogP contribution in [0.15, 0.2) is 30.5 Å². The molecule has 0 amide bonds. The Morgan fingerprint density at radius 3 is 2.67 bits per heavy atom. The van der Waals surface area contributed by atoms with Crippen molar-refractivity contribution in [3.05, 3.63) is 46.7 Å². The Kier molecular flexibility index (Phi) is 2.78. The third kappa shape index (κ3) is 2.41. The summed E-state index contributed by atoms with van der Waals surface area (Å²) in [6.07, 6.45) is 1.72. The van der Waals surface area contributed by atoms with Gasteiger partial charge in [0.25, 0.3) is 0 Å². The fourth-order valence-electron chi connectivity index (χ4n) is 1.21. The molecule has 0 saturated carbocycles. The van der Waals surface area contributed by atoms with Gasteiger partial charge in [0.1, 0.15) is 5.69 Å². The molecule has 0 aliphatic rings. The minimum Gasteiger partial charge on any atom is -0.292 e. The second kappa shape index (κ2) is 4.23. The fourth-order valence-corrected chi connectivity index (χ4v) is 1.34. The van der Waals surface area contributed by atoms with Crippen LogP contribution in [-0.4, -0.2) is 21.2 Å². The van der Waals surface area contributed by atoms with Crippen molar-refractivity contribution < 1.29 is 4.79 Å². The van der Waals surface area contributed by atoms with Crippen molar-refractivity contribution in [1.82, 2.24) is 15.4 Å². The number of nitrogens with zero attached hydrogens (tertiary/aromatic N) is 2. The van der Waals surface area contributed by atoms with E-state index in [0.29, 0.717) is 17.1 Å². The van der Waals surface area contributed by atoms with Gasteiger partial charge in [0, 0.05) is 11.4 Å². The van der Waals surface area contributed by atoms with Gasteiger partial charge in [-0.15, -0.1) is 0 Å². The van der Waals surface area contributed by atoms with E-state index in [9.17, 15) is 4.79 Å². The third-order valence-electron chi connectivity index (χ3n) is 1.98. The summed E-state index contributed by atoms with van der Waals surface area (Å²) >= 11 is 5.74. The smallest absolute Gasteiger partial charge is 0.189 e. The molecule has 1 heterocycles. The molecule has 0 atom stereocenters. The zero-order valence-electron chi connectivity index (χ0n) is 7.77. The Morgan fingerprint density at radius 1 is 1.33 bits per heavy atom. The molecular weight excluding hydrogens is 214 g/mol. The molecule has 0 aliphatic heterocycles. The van der Waals surface area contributed by atoms with Gasteiger partial charge in [0.2, 0.25) is 0 Å². The van der Waals surface area contributed by atoms with Crippen LogP contribution in [0.4, 0.5) is 0 Å². The lowest BCUT2D eigenvalue weighted by Gasteiger charge is -1.98. The Balaban J connectivity index is 2.09. The molecule has 0 radical (unpaired) electrons. The van der Waals surface area contributed by atoms with Gasteiger partial charge < -0.3 is 0 Å². The van der Waals surface area contributed by atoms with E-state index in [2.05, 4.69) is 15.4 Å². The van der Waals surface area contributed by atoms with Crippen molar-refractivity contribution in [3.63, 3.8) is 0 Å². The lowest BCUT2D eigenvalue weighted by Crippen LogP contribution is -2.03. The Morgan fingerprint density at radius 2 is 2.07 bits per heavy atom. The first kappa shape index (κ1) is 9.86. The molecule has 0 saturated heterocycles. The lowest BCUT2D eigenvalue weighted by atomic mass is 10.1. The highest BCUT2D eigenvalue weighted by Gasteiger charge is 2.09. The lowest BCUT2D eigenvalue weighted by molar-refractivity contribution is 0.0988. The molecule has 2 rings (SSSR count). The van der Waals surface area contributed by atoms with Gasteiger partial charge in [-0.25, -0.2) is 0 Å². The van der Waals surface area contributed by atoms with Gasteiger partial charge in [-0.2, -0.15) is 15.4 Å².